The van der Waals surface area contributed by atoms with Gasteiger partial charge < -0.3 is 14.2 Å². The van der Waals surface area contributed by atoms with Crippen molar-refractivity contribution in [2.75, 3.05) is 13.2 Å². The summed E-state index contributed by atoms with van der Waals surface area (Å²) >= 11 is 0. The van der Waals surface area contributed by atoms with Crippen LogP contribution >= 0.6 is 0 Å². The summed E-state index contributed by atoms with van der Waals surface area (Å²) in [5.41, 5.74) is 0. The van der Waals surface area contributed by atoms with Crippen LogP contribution in [-0.2, 0) is 28.6 Å². The van der Waals surface area contributed by atoms with Gasteiger partial charge in [0.2, 0.25) is 0 Å². The van der Waals surface area contributed by atoms with Crippen molar-refractivity contribution in [3.63, 3.8) is 0 Å². The molecule has 0 aliphatic rings. The molecule has 0 rings (SSSR count). The Bertz CT molecular complexity index is 1390. The van der Waals surface area contributed by atoms with Crippen LogP contribution in [0, 0.1) is 0 Å². The van der Waals surface area contributed by atoms with Crippen LogP contribution in [0.2, 0.25) is 0 Å². The molecule has 1 atom stereocenters. The van der Waals surface area contributed by atoms with Crippen molar-refractivity contribution in [1.82, 2.24) is 0 Å². The minimum Gasteiger partial charge on any atom is -0.462 e. The van der Waals surface area contributed by atoms with E-state index in [1.165, 1.54) is 193 Å². The number of carbonyl (C=O) groups excluding carboxylic acids is 3. The second-order valence-electron chi connectivity index (χ2n) is 21.6. The second-order valence-corrected chi connectivity index (χ2v) is 21.6. The minimum absolute atomic E-state index is 0.0847. The number of ether oxygens (including phenoxy) is 3. The summed E-state index contributed by atoms with van der Waals surface area (Å²) in [5.74, 6) is -0.896. The number of unbranched alkanes of at least 4 members (excludes halogenated alkanes) is 36. The SMILES string of the molecule is CC/C=C\C/C=C\C/C=C\C/C=C\CCCCCCC(=O)O[C@@H](COC(=O)CCCCCCCCCCC/C=C\CCCCCCCC)COC(=O)CCCCCCCCCCCCC/C=C\CCCCCCCC. The molecule has 0 spiro atoms. The third-order valence-corrected chi connectivity index (χ3v) is 14.2. The molecule has 0 unspecified atom stereocenters. The van der Waals surface area contributed by atoms with E-state index in [1.807, 2.05) is 0 Å². The van der Waals surface area contributed by atoms with Gasteiger partial charge in [-0.05, 0) is 109 Å². The Morgan fingerprint density at radius 1 is 0.280 bits per heavy atom. The highest BCUT2D eigenvalue weighted by Crippen LogP contribution is 2.16. The fourth-order valence-electron chi connectivity index (χ4n) is 9.31. The monoisotopic (exact) mass is 1050 g/mol. The van der Waals surface area contributed by atoms with Gasteiger partial charge in [0.1, 0.15) is 13.2 Å². The first-order chi connectivity index (χ1) is 37.0. The van der Waals surface area contributed by atoms with Gasteiger partial charge in [0, 0.05) is 19.3 Å². The molecule has 6 nitrogen and oxygen atoms in total. The highest BCUT2D eigenvalue weighted by molar-refractivity contribution is 5.71. The van der Waals surface area contributed by atoms with Crippen molar-refractivity contribution >= 4 is 17.9 Å². The standard InChI is InChI=1S/C69H122O6/c1-4-7-10-13-16-19-22-25-28-31-33-34-36-39-41-44-47-50-53-56-59-62-68(71)74-65-66(75-69(72)63-60-57-54-51-48-45-42-37-30-27-24-21-18-15-12-9-6-3)64-73-67(70)61-58-55-52-49-46-43-40-38-35-32-29-26-23-20-17-14-11-8-5-2/h9,12,18,21,25-30,42,45,66H,4-8,10-11,13-17,19-20,22-24,31-41,43-44,46-65H2,1-3H3/b12-9-,21-18-,28-25-,29-26-,30-27-,45-42-/t66-/m0/s1. The molecule has 0 N–H and O–H groups in total. The summed E-state index contributed by atoms with van der Waals surface area (Å²) in [6, 6.07) is 0. The highest BCUT2D eigenvalue weighted by Gasteiger charge is 2.19. The molecule has 0 aliphatic carbocycles. The van der Waals surface area contributed by atoms with E-state index < -0.39 is 6.10 Å². The molecule has 6 heteroatoms. The van der Waals surface area contributed by atoms with Crippen LogP contribution in [0.3, 0.4) is 0 Å². The molecule has 0 bridgehead atoms. The van der Waals surface area contributed by atoms with Gasteiger partial charge in [0.25, 0.3) is 0 Å². The zero-order chi connectivity index (χ0) is 54.3. The fourth-order valence-corrected chi connectivity index (χ4v) is 9.31. The zero-order valence-electron chi connectivity index (χ0n) is 49.8. The third kappa shape index (κ3) is 61.6. The van der Waals surface area contributed by atoms with Gasteiger partial charge in [-0.1, -0.05) is 273 Å². The molecular weight excluding hydrogens is 925 g/mol. The average molecular weight is 1050 g/mol. The Morgan fingerprint density at radius 2 is 0.520 bits per heavy atom. The van der Waals surface area contributed by atoms with Crippen LogP contribution in [0.1, 0.15) is 329 Å². The van der Waals surface area contributed by atoms with Crippen LogP contribution in [0.25, 0.3) is 0 Å². The van der Waals surface area contributed by atoms with Crippen LogP contribution < -0.4 is 0 Å². The van der Waals surface area contributed by atoms with Crippen molar-refractivity contribution in [3.05, 3.63) is 72.9 Å². The molecule has 0 radical (unpaired) electrons. The lowest BCUT2D eigenvalue weighted by molar-refractivity contribution is -0.167. The summed E-state index contributed by atoms with van der Waals surface area (Å²) in [6.07, 6.45) is 81.9. The fraction of sp³-hybridized carbons (Fsp3) is 0.783. The number of allylic oxidation sites excluding steroid dienone is 12. The van der Waals surface area contributed by atoms with Gasteiger partial charge in [-0.25, -0.2) is 0 Å². The maximum Gasteiger partial charge on any atom is 0.306 e. The van der Waals surface area contributed by atoms with Crippen molar-refractivity contribution in [1.29, 1.82) is 0 Å². The second kappa shape index (κ2) is 63.4. The molecular formula is C69H122O6. The molecule has 434 valence electrons. The lowest BCUT2D eigenvalue weighted by Crippen LogP contribution is -2.30. The zero-order valence-corrected chi connectivity index (χ0v) is 49.8. The predicted molar refractivity (Wildman–Crippen MR) is 325 cm³/mol. The lowest BCUT2D eigenvalue weighted by Gasteiger charge is -2.18. The van der Waals surface area contributed by atoms with Crippen LogP contribution in [0.4, 0.5) is 0 Å². The van der Waals surface area contributed by atoms with Gasteiger partial charge in [-0.3, -0.25) is 14.4 Å². The maximum atomic E-state index is 12.9. The van der Waals surface area contributed by atoms with Gasteiger partial charge in [-0.2, -0.15) is 0 Å². The number of hydrogen-bond donors (Lipinski definition) is 0. The number of hydrogen-bond acceptors (Lipinski definition) is 6. The van der Waals surface area contributed by atoms with Crippen molar-refractivity contribution in [2.45, 2.75) is 335 Å². The highest BCUT2D eigenvalue weighted by atomic mass is 16.6. The summed E-state index contributed by atoms with van der Waals surface area (Å²) < 4.78 is 16.9. The Balaban J connectivity index is 4.38. The maximum absolute atomic E-state index is 12.9. The molecule has 0 saturated carbocycles. The molecule has 0 aliphatic heterocycles. The molecule has 0 aromatic heterocycles. The van der Waals surface area contributed by atoms with Gasteiger partial charge in [0.15, 0.2) is 6.10 Å². The Morgan fingerprint density at radius 3 is 0.827 bits per heavy atom. The number of esters is 3. The van der Waals surface area contributed by atoms with Crippen molar-refractivity contribution in [3.8, 4) is 0 Å². The summed E-state index contributed by atoms with van der Waals surface area (Å²) in [4.78, 5) is 38.4. The first-order valence-corrected chi connectivity index (χ1v) is 32.4. The smallest absolute Gasteiger partial charge is 0.306 e. The van der Waals surface area contributed by atoms with Crippen molar-refractivity contribution in [2.24, 2.45) is 0 Å². The normalized spacial score (nSPS) is 12.5. The van der Waals surface area contributed by atoms with Gasteiger partial charge in [0.05, 0.1) is 0 Å². The van der Waals surface area contributed by atoms with E-state index in [-0.39, 0.29) is 31.1 Å². The Hall–Kier alpha value is -3.15. The quantitative estimate of drug-likeness (QED) is 0.0261. The molecule has 0 aromatic rings. The third-order valence-electron chi connectivity index (χ3n) is 14.2. The van der Waals surface area contributed by atoms with Crippen LogP contribution in [-0.4, -0.2) is 37.2 Å². The predicted octanol–water partition coefficient (Wildman–Crippen LogP) is 22.1. The van der Waals surface area contributed by atoms with E-state index >= 15 is 0 Å². The Kier molecular flexibility index (Phi) is 60.7. The molecule has 0 aromatic carbocycles. The Labute approximate surface area is 465 Å². The molecule has 0 heterocycles. The average Bonchev–Trinajstić information content (AvgIpc) is 3.41. The van der Waals surface area contributed by atoms with E-state index in [1.54, 1.807) is 0 Å². The van der Waals surface area contributed by atoms with E-state index in [0.717, 1.165) is 96.3 Å². The summed E-state index contributed by atoms with van der Waals surface area (Å²) in [5, 5.41) is 0. The summed E-state index contributed by atoms with van der Waals surface area (Å²) in [6.45, 7) is 6.54. The molecule has 75 heavy (non-hydrogen) atoms. The van der Waals surface area contributed by atoms with E-state index in [2.05, 4.69) is 93.7 Å². The van der Waals surface area contributed by atoms with E-state index in [0.29, 0.717) is 19.3 Å². The van der Waals surface area contributed by atoms with Crippen molar-refractivity contribution < 1.29 is 28.6 Å². The number of carbonyl (C=O) groups is 3. The topological polar surface area (TPSA) is 78.9 Å². The van der Waals surface area contributed by atoms with Gasteiger partial charge in [-0.15, -0.1) is 0 Å². The molecule has 0 fully saturated rings. The largest absolute Gasteiger partial charge is 0.462 e. The lowest BCUT2D eigenvalue weighted by atomic mass is 10.0. The van der Waals surface area contributed by atoms with Crippen LogP contribution in [0.15, 0.2) is 72.9 Å². The van der Waals surface area contributed by atoms with Crippen LogP contribution in [0.5, 0.6) is 0 Å². The molecule has 0 amide bonds. The minimum atomic E-state index is -0.791. The van der Waals surface area contributed by atoms with E-state index in [9.17, 15) is 14.4 Å². The van der Waals surface area contributed by atoms with E-state index in [4.69, 9.17) is 14.2 Å². The summed E-state index contributed by atoms with van der Waals surface area (Å²) in [7, 11) is 0. The molecule has 0 saturated heterocycles. The number of rotatable bonds is 59. The van der Waals surface area contributed by atoms with Gasteiger partial charge >= 0.3 is 17.9 Å². The first-order valence-electron chi connectivity index (χ1n) is 32.4. The first kappa shape index (κ1) is 71.8.